The van der Waals surface area contributed by atoms with Gasteiger partial charge in [0, 0.05) is 17.8 Å². The molecule has 116 valence electrons. The molecule has 0 heterocycles. The lowest BCUT2D eigenvalue weighted by Crippen LogP contribution is -2.16. The number of nitrogens with one attached hydrogen (secondary N) is 2. The third kappa shape index (κ3) is 3.32. The van der Waals surface area contributed by atoms with Crippen LogP contribution < -0.4 is 10.6 Å². The molecule has 2 aromatic rings. The Morgan fingerprint density at radius 2 is 1.91 bits per heavy atom. The minimum atomic E-state index is -0.00250. The molecule has 1 aliphatic carbocycles. The van der Waals surface area contributed by atoms with Gasteiger partial charge in [-0.15, -0.1) is 12.4 Å². The van der Waals surface area contributed by atoms with Gasteiger partial charge in [-0.3, -0.25) is 4.79 Å². The van der Waals surface area contributed by atoms with E-state index in [1.54, 1.807) is 0 Å². The van der Waals surface area contributed by atoms with Crippen molar-refractivity contribution in [2.24, 2.45) is 0 Å². The molecule has 4 heteroatoms. The minimum absolute atomic E-state index is 0. The van der Waals surface area contributed by atoms with Crippen LogP contribution in [0.2, 0.25) is 0 Å². The SMILES string of the molecule is CNCc1ccccc1NC(=O)c1cccc2c1CCC2.Cl. The summed E-state index contributed by atoms with van der Waals surface area (Å²) in [7, 11) is 1.91. The highest BCUT2D eigenvalue weighted by atomic mass is 35.5. The maximum Gasteiger partial charge on any atom is 0.255 e. The monoisotopic (exact) mass is 316 g/mol. The molecule has 0 atom stereocenters. The summed E-state index contributed by atoms with van der Waals surface area (Å²) < 4.78 is 0. The van der Waals surface area contributed by atoms with E-state index in [0.717, 1.165) is 42.6 Å². The molecule has 0 bridgehead atoms. The molecule has 0 aliphatic heterocycles. The zero-order valence-electron chi connectivity index (χ0n) is 12.7. The number of para-hydroxylation sites is 1. The number of benzene rings is 2. The van der Waals surface area contributed by atoms with Gasteiger partial charge in [0.15, 0.2) is 0 Å². The molecule has 0 spiro atoms. The average molecular weight is 317 g/mol. The molecule has 3 nitrogen and oxygen atoms in total. The van der Waals surface area contributed by atoms with E-state index >= 15 is 0 Å². The molecule has 1 aliphatic rings. The first kappa shape index (κ1) is 16.5. The standard InChI is InChI=1S/C18H20N2O.ClH/c1-19-12-14-6-2-3-11-17(14)20-18(21)16-10-5-8-13-7-4-9-15(13)16;/h2-3,5-6,8,10-11,19H,4,7,9,12H2,1H3,(H,20,21);1H. The first-order valence-corrected chi connectivity index (χ1v) is 7.44. The Morgan fingerprint density at radius 1 is 1.09 bits per heavy atom. The summed E-state index contributed by atoms with van der Waals surface area (Å²) >= 11 is 0. The van der Waals surface area contributed by atoms with Crippen molar-refractivity contribution in [1.82, 2.24) is 5.32 Å². The van der Waals surface area contributed by atoms with Crippen LogP contribution in [-0.4, -0.2) is 13.0 Å². The highest BCUT2D eigenvalue weighted by molar-refractivity contribution is 6.06. The lowest BCUT2D eigenvalue weighted by molar-refractivity contribution is 0.102. The third-order valence-electron chi connectivity index (χ3n) is 4.02. The van der Waals surface area contributed by atoms with Crippen molar-refractivity contribution in [3.8, 4) is 0 Å². The summed E-state index contributed by atoms with van der Waals surface area (Å²) in [6, 6.07) is 14.0. The summed E-state index contributed by atoms with van der Waals surface area (Å²) in [5.41, 5.74) is 5.35. The number of carbonyl (C=O) groups excluding carboxylic acids is 1. The van der Waals surface area contributed by atoms with E-state index in [0.29, 0.717) is 0 Å². The fourth-order valence-corrected chi connectivity index (χ4v) is 3.01. The molecule has 22 heavy (non-hydrogen) atoms. The zero-order chi connectivity index (χ0) is 14.7. The van der Waals surface area contributed by atoms with Crippen molar-refractivity contribution in [1.29, 1.82) is 0 Å². The van der Waals surface area contributed by atoms with Crippen LogP contribution in [-0.2, 0) is 19.4 Å². The molecule has 2 N–H and O–H groups in total. The predicted octanol–water partition coefficient (Wildman–Crippen LogP) is 3.57. The van der Waals surface area contributed by atoms with Crippen molar-refractivity contribution in [3.63, 3.8) is 0 Å². The summed E-state index contributed by atoms with van der Waals surface area (Å²) in [6.45, 7) is 0.739. The van der Waals surface area contributed by atoms with Crippen molar-refractivity contribution in [2.45, 2.75) is 25.8 Å². The molecule has 0 saturated heterocycles. The van der Waals surface area contributed by atoms with Gasteiger partial charge in [-0.05, 0) is 55.1 Å². The highest BCUT2D eigenvalue weighted by Gasteiger charge is 2.19. The second kappa shape index (κ2) is 7.43. The highest BCUT2D eigenvalue weighted by Crippen LogP contribution is 2.26. The Bertz CT molecular complexity index is 670. The number of carbonyl (C=O) groups is 1. The average Bonchev–Trinajstić information content (AvgIpc) is 2.97. The van der Waals surface area contributed by atoms with Gasteiger partial charge >= 0.3 is 0 Å². The fourth-order valence-electron chi connectivity index (χ4n) is 3.01. The summed E-state index contributed by atoms with van der Waals surface area (Å²) in [5.74, 6) is -0.00250. The van der Waals surface area contributed by atoms with E-state index in [4.69, 9.17) is 0 Å². The Labute approximate surface area is 137 Å². The number of halogens is 1. The smallest absolute Gasteiger partial charge is 0.255 e. The van der Waals surface area contributed by atoms with Crippen LogP contribution >= 0.6 is 12.4 Å². The molecule has 3 rings (SSSR count). The van der Waals surface area contributed by atoms with E-state index in [-0.39, 0.29) is 18.3 Å². The molecule has 0 aromatic heterocycles. The topological polar surface area (TPSA) is 41.1 Å². The van der Waals surface area contributed by atoms with Crippen LogP contribution in [0.4, 0.5) is 5.69 Å². The zero-order valence-corrected chi connectivity index (χ0v) is 13.5. The van der Waals surface area contributed by atoms with E-state index in [9.17, 15) is 4.79 Å². The van der Waals surface area contributed by atoms with E-state index in [1.165, 1.54) is 11.1 Å². The van der Waals surface area contributed by atoms with Crippen LogP contribution in [0.25, 0.3) is 0 Å². The number of aryl methyl sites for hydroxylation is 1. The summed E-state index contributed by atoms with van der Waals surface area (Å²) in [5, 5.41) is 6.19. The van der Waals surface area contributed by atoms with Gasteiger partial charge in [0.1, 0.15) is 0 Å². The lowest BCUT2D eigenvalue weighted by atomic mass is 10.0. The molecule has 0 fully saturated rings. The fraction of sp³-hybridized carbons (Fsp3) is 0.278. The van der Waals surface area contributed by atoms with Crippen LogP contribution in [0, 0.1) is 0 Å². The molecule has 0 radical (unpaired) electrons. The number of hydrogen-bond donors (Lipinski definition) is 2. The first-order valence-electron chi connectivity index (χ1n) is 7.44. The number of hydrogen-bond acceptors (Lipinski definition) is 2. The Morgan fingerprint density at radius 3 is 2.73 bits per heavy atom. The number of amides is 1. The van der Waals surface area contributed by atoms with E-state index in [1.807, 2.05) is 43.4 Å². The molecule has 1 amide bonds. The molecule has 0 saturated carbocycles. The van der Waals surface area contributed by atoms with Crippen LogP contribution in [0.3, 0.4) is 0 Å². The lowest BCUT2D eigenvalue weighted by Gasteiger charge is -2.12. The third-order valence-corrected chi connectivity index (χ3v) is 4.02. The number of fused-ring (bicyclic) bond motifs is 1. The first-order chi connectivity index (χ1) is 10.3. The predicted molar refractivity (Wildman–Crippen MR) is 92.9 cm³/mol. The normalized spacial score (nSPS) is 12.4. The molecular formula is C18H21ClN2O. The van der Waals surface area contributed by atoms with E-state index in [2.05, 4.69) is 16.7 Å². The van der Waals surface area contributed by atoms with Crippen molar-refractivity contribution in [3.05, 3.63) is 64.7 Å². The maximum atomic E-state index is 12.6. The van der Waals surface area contributed by atoms with Gasteiger partial charge in [0.2, 0.25) is 0 Å². The second-order valence-electron chi connectivity index (χ2n) is 5.44. The Hall–Kier alpha value is -1.84. The molecule has 2 aromatic carbocycles. The summed E-state index contributed by atoms with van der Waals surface area (Å²) in [6.07, 6.45) is 3.25. The summed E-state index contributed by atoms with van der Waals surface area (Å²) in [4.78, 5) is 12.6. The largest absolute Gasteiger partial charge is 0.322 e. The Balaban J connectivity index is 0.00000176. The number of rotatable bonds is 4. The van der Waals surface area contributed by atoms with Crippen molar-refractivity contribution >= 4 is 24.0 Å². The molecular weight excluding hydrogens is 296 g/mol. The quantitative estimate of drug-likeness (QED) is 0.905. The maximum absolute atomic E-state index is 12.6. The van der Waals surface area contributed by atoms with Crippen LogP contribution in [0.1, 0.15) is 33.5 Å². The van der Waals surface area contributed by atoms with Gasteiger partial charge < -0.3 is 10.6 Å². The minimum Gasteiger partial charge on any atom is -0.322 e. The Kier molecular flexibility index (Phi) is 5.58. The molecule has 0 unspecified atom stereocenters. The van der Waals surface area contributed by atoms with Crippen molar-refractivity contribution < 1.29 is 4.79 Å². The van der Waals surface area contributed by atoms with Crippen LogP contribution in [0.15, 0.2) is 42.5 Å². The number of anilines is 1. The van der Waals surface area contributed by atoms with E-state index < -0.39 is 0 Å². The van der Waals surface area contributed by atoms with Gasteiger partial charge in [-0.2, -0.15) is 0 Å². The van der Waals surface area contributed by atoms with Gasteiger partial charge in [-0.1, -0.05) is 30.3 Å². The van der Waals surface area contributed by atoms with Crippen LogP contribution in [0.5, 0.6) is 0 Å². The van der Waals surface area contributed by atoms with Gasteiger partial charge in [0.25, 0.3) is 5.91 Å². The second-order valence-corrected chi connectivity index (χ2v) is 5.44. The van der Waals surface area contributed by atoms with Gasteiger partial charge in [-0.25, -0.2) is 0 Å². The van der Waals surface area contributed by atoms with Crippen molar-refractivity contribution in [2.75, 3.05) is 12.4 Å². The van der Waals surface area contributed by atoms with Gasteiger partial charge in [0.05, 0.1) is 0 Å².